The molecule has 1 heterocycles. The minimum Gasteiger partial charge on any atom is -0.303 e. The average Bonchev–Trinajstić information content (AvgIpc) is 2.01. The van der Waals surface area contributed by atoms with Crippen LogP contribution in [0.4, 0.5) is 11.5 Å². The van der Waals surface area contributed by atoms with Crippen LogP contribution in [0, 0.1) is 24.0 Å². The summed E-state index contributed by atoms with van der Waals surface area (Å²) >= 11 is 0. The van der Waals surface area contributed by atoms with Crippen LogP contribution in [-0.4, -0.2) is 14.9 Å². The summed E-state index contributed by atoms with van der Waals surface area (Å²) in [5, 5.41) is 10.5. The number of nitro groups is 1. The molecule has 0 radical (unpaired) electrons. The smallest absolute Gasteiger partial charge is 0.303 e. The average molecular weight is 183 g/mol. The lowest BCUT2D eigenvalue weighted by atomic mass is 10.3. The van der Waals surface area contributed by atoms with E-state index < -0.39 is 4.92 Å². The molecule has 7 nitrogen and oxygen atoms in total. The Bertz CT molecular complexity index is 351. The first-order valence-corrected chi connectivity index (χ1v) is 3.52. The van der Waals surface area contributed by atoms with Crippen molar-refractivity contribution in [3.8, 4) is 0 Å². The molecule has 0 aromatic carbocycles. The number of aromatic nitrogens is 2. The van der Waals surface area contributed by atoms with Crippen LogP contribution in [0.3, 0.4) is 0 Å². The summed E-state index contributed by atoms with van der Waals surface area (Å²) in [5.41, 5.74) is 2.28. The van der Waals surface area contributed by atoms with Crippen molar-refractivity contribution in [1.82, 2.24) is 9.97 Å². The lowest BCUT2D eigenvalue weighted by molar-refractivity contribution is -0.385. The maximum atomic E-state index is 10.5. The van der Waals surface area contributed by atoms with Crippen molar-refractivity contribution in [3.05, 3.63) is 21.6 Å². The van der Waals surface area contributed by atoms with Gasteiger partial charge in [0.25, 0.3) is 0 Å². The highest BCUT2D eigenvalue weighted by atomic mass is 16.6. The van der Waals surface area contributed by atoms with Crippen LogP contribution in [0.2, 0.25) is 0 Å². The second-order valence-corrected chi connectivity index (χ2v) is 2.45. The molecule has 0 aliphatic carbocycles. The number of nitrogen functional groups attached to an aromatic ring is 1. The number of hydrogen-bond donors (Lipinski definition) is 2. The van der Waals surface area contributed by atoms with Crippen molar-refractivity contribution < 1.29 is 4.92 Å². The van der Waals surface area contributed by atoms with Crippen LogP contribution in [-0.2, 0) is 0 Å². The molecule has 0 atom stereocenters. The van der Waals surface area contributed by atoms with Gasteiger partial charge in [-0.15, -0.1) is 0 Å². The quantitative estimate of drug-likeness (QED) is 0.387. The monoisotopic (exact) mass is 183 g/mol. The third-order valence-corrected chi connectivity index (χ3v) is 1.49. The third-order valence-electron chi connectivity index (χ3n) is 1.49. The van der Waals surface area contributed by atoms with Gasteiger partial charge in [-0.3, -0.25) is 10.1 Å². The van der Waals surface area contributed by atoms with Crippen LogP contribution in [0.25, 0.3) is 0 Å². The van der Waals surface area contributed by atoms with E-state index in [2.05, 4.69) is 15.4 Å². The number of anilines is 1. The van der Waals surface area contributed by atoms with Crippen molar-refractivity contribution in [2.75, 3.05) is 5.43 Å². The van der Waals surface area contributed by atoms with Gasteiger partial charge in [-0.25, -0.2) is 15.8 Å². The maximum absolute atomic E-state index is 10.5. The van der Waals surface area contributed by atoms with Gasteiger partial charge in [0.1, 0.15) is 11.5 Å². The first-order chi connectivity index (χ1) is 6.06. The normalized spacial score (nSPS) is 9.77. The Hall–Kier alpha value is -1.76. The molecular formula is C6H9N5O2. The summed E-state index contributed by atoms with van der Waals surface area (Å²) in [5.74, 6) is 5.56. The third kappa shape index (κ3) is 1.70. The van der Waals surface area contributed by atoms with Gasteiger partial charge < -0.3 is 5.43 Å². The molecule has 1 aromatic rings. The molecule has 0 saturated carbocycles. The van der Waals surface area contributed by atoms with Crippen molar-refractivity contribution in [2.24, 2.45) is 5.84 Å². The van der Waals surface area contributed by atoms with E-state index in [0.717, 1.165) is 0 Å². The van der Waals surface area contributed by atoms with Crippen LogP contribution in [0.1, 0.15) is 11.5 Å². The van der Waals surface area contributed by atoms with E-state index in [1.54, 1.807) is 6.92 Å². The van der Waals surface area contributed by atoms with E-state index in [0.29, 0.717) is 11.5 Å². The van der Waals surface area contributed by atoms with Crippen LogP contribution in [0.15, 0.2) is 0 Å². The predicted octanol–water partition coefficient (Wildman–Crippen LogP) is 0.287. The SMILES string of the molecule is Cc1nc(C)c([N+](=O)[O-])c(NN)n1. The molecule has 0 saturated heterocycles. The molecule has 0 spiro atoms. The minimum atomic E-state index is -0.566. The van der Waals surface area contributed by atoms with Crippen LogP contribution >= 0.6 is 0 Å². The molecule has 1 rings (SSSR count). The molecule has 13 heavy (non-hydrogen) atoms. The van der Waals surface area contributed by atoms with E-state index in [1.165, 1.54) is 6.92 Å². The summed E-state index contributed by atoms with van der Waals surface area (Å²) < 4.78 is 0. The van der Waals surface area contributed by atoms with Gasteiger partial charge in [0, 0.05) is 0 Å². The summed E-state index contributed by atoms with van der Waals surface area (Å²) in [7, 11) is 0. The lowest BCUT2D eigenvalue weighted by Gasteiger charge is -2.03. The zero-order valence-corrected chi connectivity index (χ0v) is 7.24. The van der Waals surface area contributed by atoms with Gasteiger partial charge >= 0.3 is 5.69 Å². The highest BCUT2D eigenvalue weighted by molar-refractivity contribution is 5.57. The Balaban J connectivity index is 3.38. The fraction of sp³-hybridized carbons (Fsp3) is 0.333. The largest absolute Gasteiger partial charge is 0.333 e. The zero-order valence-electron chi connectivity index (χ0n) is 7.24. The Morgan fingerprint density at radius 2 is 2.08 bits per heavy atom. The van der Waals surface area contributed by atoms with Crippen molar-refractivity contribution in [1.29, 1.82) is 0 Å². The Morgan fingerprint density at radius 1 is 1.46 bits per heavy atom. The molecule has 7 heteroatoms. The molecule has 0 amide bonds. The van der Waals surface area contributed by atoms with Crippen LogP contribution < -0.4 is 11.3 Å². The number of rotatable bonds is 2. The summed E-state index contributed by atoms with van der Waals surface area (Å²) in [6, 6.07) is 0. The number of nitrogens with zero attached hydrogens (tertiary/aromatic N) is 3. The topological polar surface area (TPSA) is 107 Å². The predicted molar refractivity (Wildman–Crippen MR) is 46.0 cm³/mol. The first-order valence-electron chi connectivity index (χ1n) is 3.52. The van der Waals surface area contributed by atoms with Crippen molar-refractivity contribution in [3.63, 3.8) is 0 Å². The lowest BCUT2D eigenvalue weighted by Crippen LogP contribution is -2.13. The molecule has 1 aromatic heterocycles. The second-order valence-electron chi connectivity index (χ2n) is 2.45. The van der Waals surface area contributed by atoms with E-state index in [1.807, 2.05) is 0 Å². The van der Waals surface area contributed by atoms with Crippen molar-refractivity contribution in [2.45, 2.75) is 13.8 Å². The minimum absolute atomic E-state index is 0.0370. The number of hydrazine groups is 1. The fourth-order valence-corrected chi connectivity index (χ4v) is 1.03. The molecule has 0 bridgehead atoms. The highest BCUT2D eigenvalue weighted by Gasteiger charge is 2.19. The number of nitrogens with one attached hydrogen (secondary N) is 1. The van der Waals surface area contributed by atoms with Crippen molar-refractivity contribution >= 4 is 11.5 Å². The van der Waals surface area contributed by atoms with E-state index in [9.17, 15) is 10.1 Å². The Labute approximate surface area is 74.1 Å². The van der Waals surface area contributed by atoms with E-state index in [-0.39, 0.29) is 11.5 Å². The number of nitrogens with two attached hydrogens (primary N) is 1. The maximum Gasteiger partial charge on any atom is 0.333 e. The van der Waals surface area contributed by atoms with E-state index in [4.69, 9.17) is 5.84 Å². The molecule has 0 aliphatic heterocycles. The zero-order chi connectivity index (χ0) is 10.0. The number of hydrogen-bond acceptors (Lipinski definition) is 6. The molecule has 3 N–H and O–H groups in total. The van der Waals surface area contributed by atoms with Gasteiger partial charge in [0.15, 0.2) is 0 Å². The Morgan fingerprint density at radius 3 is 2.54 bits per heavy atom. The summed E-state index contributed by atoms with van der Waals surface area (Å²) in [6.07, 6.45) is 0. The van der Waals surface area contributed by atoms with Gasteiger partial charge in [0.2, 0.25) is 5.82 Å². The molecular weight excluding hydrogens is 174 g/mol. The van der Waals surface area contributed by atoms with E-state index >= 15 is 0 Å². The first kappa shape index (κ1) is 9.33. The highest BCUT2D eigenvalue weighted by Crippen LogP contribution is 2.23. The van der Waals surface area contributed by atoms with Gasteiger partial charge in [0.05, 0.1) is 4.92 Å². The van der Waals surface area contributed by atoms with Gasteiger partial charge in [-0.1, -0.05) is 0 Å². The molecule has 0 aliphatic rings. The summed E-state index contributed by atoms with van der Waals surface area (Å²) in [6.45, 7) is 3.17. The molecule has 0 unspecified atom stereocenters. The molecule has 0 fully saturated rings. The standard InChI is InChI=1S/C6H9N5O2/c1-3-5(11(12)13)6(10-7)9-4(2)8-3/h7H2,1-2H3,(H,8,9,10). The van der Waals surface area contributed by atoms with Gasteiger partial charge in [-0.05, 0) is 13.8 Å². The Kier molecular flexibility index (Phi) is 2.38. The second kappa shape index (κ2) is 3.31. The van der Waals surface area contributed by atoms with Crippen LogP contribution in [0.5, 0.6) is 0 Å². The summed E-state index contributed by atoms with van der Waals surface area (Å²) in [4.78, 5) is 17.6. The fourth-order valence-electron chi connectivity index (χ4n) is 1.03. The number of aryl methyl sites for hydroxylation is 2. The molecule has 70 valence electrons. The van der Waals surface area contributed by atoms with Gasteiger partial charge in [-0.2, -0.15) is 0 Å².